The van der Waals surface area contributed by atoms with Crippen LogP contribution in [0.5, 0.6) is 0 Å². The molecule has 1 heterocycles. The highest BCUT2D eigenvalue weighted by Gasteiger charge is 2.42. The number of allylic oxidation sites excluding steroid dienone is 2. The maximum atomic E-state index is 11.5. The second-order valence-corrected chi connectivity index (χ2v) is 7.48. The lowest BCUT2D eigenvalue weighted by Crippen LogP contribution is -2.29. The fourth-order valence-corrected chi connectivity index (χ4v) is 4.38. The number of nitro benzene ring substituents is 1. The molecule has 0 unspecified atom stereocenters. The molecule has 1 aliphatic heterocycles. The van der Waals surface area contributed by atoms with Gasteiger partial charge in [-0.25, -0.2) is 0 Å². The van der Waals surface area contributed by atoms with Crippen molar-refractivity contribution in [1.82, 2.24) is 0 Å². The van der Waals surface area contributed by atoms with Crippen molar-refractivity contribution in [3.05, 3.63) is 78.8 Å². The van der Waals surface area contributed by atoms with E-state index in [0.717, 1.165) is 12.0 Å². The predicted molar refractivity (Wildman–Crippen MR) is 101 cm³/mol. The van der Waals surface area contributed by atoms with Crippen LogP contribution in [0.2, 0.25) is 15.1 Å². The van der Waals surface area contributed by atoms with E-state index in [1.165, 1.54) is 6.07 Å². The zero-order valence-electron chi connectivity index (χ0n) is 12.9. The van der Waals surface area contributed by atoms with Crippen LogP contribution in [0, 0.1) is 16.0 Å². The molecule has 0 radical (unpaired) electrons. The first-order valence-corrected chi connectivity index (χ1v) is 8.95. The number of halogens is 3. The van der Waals surface area contributed by atoms with Crippen molar-refractivity contribution in [2.45, 2.75) is 18.4 Å². The van der Waals surface area contributed by atoms with E-state index in [0.29, 0.717) is 26.3 Å². The Balaban J connectivity index is 1.87. The lowest BCUT2D eigenvalue weighted by atomic mass is 9.76. The molecule has 0 spiro atoms. The summed E-state index contributed by atoms with van der Waals surface area (Å²) in [4.78, 5) is 11.1. The predicted octanol–water partition coefficient (Wildman–Crippen LogP) is 6.38. The molecule has 3 atom stereocenters. The highest BCUT2D eigenvalue weighted by Crippen LogP contribution is 2.54. The van der Waals surface area contributed by atoms with E-state index in [4.69, 9.17) is 34.8 Å². The number of benzene rings is 2. The molecule has 4 nitrogen and oxygen atoms in total. The molecule has 4 rings (SSSR count). The molecule has 0 bridgehead atoms. The lowest BCUT2D eigenvalue weighted by molar-refractivity contribution is -0.385. The minimum Gasteiger partial charge on any atom is -0.376 e. The Kier molecular flexibility index (Phi) is 4.14. The summed E-state index contributed by atoms with van der Waals surface area (Å²) in [5.74, 6) is 0.0942. The average molecular weight is 396 g/mol. The molecule has 25 heavy (non-hydrogen) atoms. The highest BCUT2D eigenvalue weighted by atomic mass is 35.5. The fraction of sp³-hybridized carbons (Fsp3) is 0.222. The summed E-state index contributed by atoms with van der Waals surface area (Å²) in [6, 6.07) is 8.52. The van der Waals surface area contributed by atoms with Crippen LogP contribution in [0.3, 0.4) is 0 Å². The Morgan fingerprint density at radius 2 is 1.84 bits per heavy atom. The average Bonchev–Trinajstić information content (AvgIpc) is 3.06. The van der Waals surface area contributed by atoms with E-state index in [1.54, 1.807) is 12.1 Å². The third-order valence-corrected chi connectivity index (χ3v) is 6.00. The van der Waals surface area contributed by atoms with Crippen LogP contribution in [0.15, 0.2) is 42.5 Å². The number of anilines is 1. The van der Waals surface area contributed by atoms with Gasteiger partial charge in [0.25, 0.3) is 5.69 Å². The smallest absolute Gasteiger partial charge is 0.275 e. The van der Waals surface area contributed by atoms with Gasteiger partial charge in [-0.15, -0.1) is 0 Å². The molecule has 1 aliphatic carbocycles. The van der Waals surface area contributed by atoms with Crippen LogP contribution in [0.4, 0.5) is 11.4 Å². The first-order chi connectivity index (χ1) is 12.0. The van der Waals surface area contributed by atoms with Crippen LogP contribution < -0.4 is 5.32 Å². The summed E-state index contributed by atoms with van der Waals surface area (Å²) in [5.41, 5.74) is 2.37. The zero-order chi connectivity index (χ0) is 17.7. The minimum atomic E-state index is -0.348. The van der Waals surface area contributed by atoms with Crippen LogP contribution in [0.1, 0.15) is 29.5 Å². The first-order valence-electron chi connectivity index (χ1n) is 7.82. The van der Waals surface area contributed by atoms with Gasteiger partial charge in [0, 0.05) is 12.0 Å². The fourth-order valence-electron chi connectivity index (χ4n) is 3.85. The highest BCUT2D eigenvalue weighted by molar-refractivity contribution is 6.42. The van der Waals surface area contributed by atoms with Gasteiger partial charge in [-0.1, -0.05) is 53.0 Å². The summed E-state index contributed by atoms with van der Waals surface area (Å²) in [6.45, 7) is 0. The van der Waals surface area contributed by atoms with Gasteiger partial charge in [0.2, 0.25) is 0 Å². The van der Waals surface area contributed by atoms with Gasteiger partial charge in [0.1, 0.15) is 0 Å². The molecular weight excluding hydrogens is 383 g/mol. The van der Waals surface area contributed by atoms with Gasteiger partial charge in [-0.2, -0.15) is 0 Å². The molecule has 0 saturated carbocycles. The van der Waals surface area contributed by atoms with E-state index in [9.17, 15) is 10.1 Å². The van der Waals surface area contributed by atoms with Crippen molar-refractivity contribution in [3.63, 3.8) is 0 Å². The minimum absolute atomic E-state index is 0.0539. The summed E-state index contributed by atoms with van der Waals surface area (Å²) in [7, 11) is 0. The Morgan fingerprint density at radius 3 is 2.56 bits per heavy atom. The van der Waals surface area contributed by atoms with Crippen LogP contribution in [0.25, 0.3) is 0 Å². The molecule has 7 heteroatoms. The number of fused-ring (bicyclic) bond motifs is 3. The van der Waals surface area contributed by atoms with Crippen molar-refractivity contribution in [2.75, 3.05) is 5.32 Å². The molecule has 0 aromatic heterocycles. The van der Waals surface area contributed by atoms with Gasteiger partial charge < -0.3 is 5.32 Å². The zero-order valence-corrected chi connectivity index (χ0v) is 15.1. The van der Waals surface area contributed by atoms with E-state index < -0.39 is 0 Å². The molecular formula is C18H13Cl3N2O2. The Morgan fingerprint density at radius 1 is 1.08 bits per heavy atom. The number of rotatable bonds is 2. The van der Waals surface area contributed by atoms with Crippen molar-refractivity contribution >= 4 is 46.2 Å². The molecule has 2 aliphatic rings. The third kappa shape index (κ3) is 2.69. The maximum Gasteiger partial charge on any atom is 0.275 e. The summed E-state index contributed by atoms with van der Waals surface area (Å²) in [5, 5.41) is 16.4. The molecule has 0 amide bonds. The van der Waals surface area contributed by atoms with Crippen LogP contribution in [-0.2, 0) is 0 Å². The van der Waals surface area contributed by atoms with E-state index >= 15 is 0 Å². The second kappa shape index (κ2) is 6.20. The summed E-state index contributed by atoms with van der Waals surface area (Å²) >= 11 is 18.6. The van der Waals surface area contributed by atoms with Crippen LogP contribution in [-0.4, -0.2) is 4.92 Å². The van der Waals surface area contributed by atoms with E-state index in [2.05, 4.69) is 11.4 Å². The van der Waals surface area contributed by atoms with E-state index in [-0.39, 0.29) is 28.5 Å². The SMILES string of the molecule is O=[N+]([O-])c1ccc(Cl)c2c1[C@@H]1C=CC[C@H]1[C@H](c1ccc(Cl)c(Cl)c1)N2. The van der Waals surface area contributed by atoms with Crippen molar-refractivity contribution in [3.8, 4) is 0 Å². The Hall–Kier alpha value is -1.75. The molecule has 0 fully saturated rings. The monoisotopic (exact) mass is 394 g/mol. The van der Waals surface area contributed by atoms with Gasteiger partial charge in [-0.05, 0) is 36.1 Å². The number of nitrogens with one attached hydrogen (secondary N) is 1. The molecule has 2 aromatic carbocycles. The first kappa shape index (κ1) is 16.7. The largest absolute Gasteiger partial charge is 0.376 e. The molecule has 2 aromatic rings. The molecule has 1 N–H and O–H groups in total. The van der Waals surface area contributed by atoms with Gasteiger partial charge >= 0.3 is 0 Å². The number of nitrogens with zero attached hydrogens (tertiary/aromatic N) is 1. The Bertz CT molecular complexity index is 913. The topological polar surface area (TPSA) is 55.2 Å². The van der Waals surface area contributed by atoms with Crippen molar-refractivity contribution in [2.24, 2.45) is 5.92 Å². The van der Waals surface area contributed by atoms with Gasteiger partial charge in [-0.3, -0.25) is 10.1 Å². The maximum absolute atomic E-state index is 11.5. The quantitative estimate of drug-likeness (QED) is 0.364. The normalized spacial score (nSPS) is 23.7. The van der Waals surface area contributed by atoms with Crippen LogP contribution >= 0.6 is 34.8 Å². The molecule has 0 saturated heterocycles. The van der Waals surface area contributed by atoms with Gasteiger partial charge in [0.05, 0.1) is 37.3 Å². The third-order valence-electron chi connectivity index (χ3n) is 4.95. The number of hydrogen-bond acceptors (Lipinski definition) is 3. The second-order valence-electron chi connectivity index (χ2n) is 6.26. The van der Waals surface area contributed by atoms with E-state index in [1.807, 2.05) is 18.2 Å². The number of nitro groups is 1. The molecule has 128 valence electrons. The standard InChI is InChI=1S/C18H13Cl3N2O2/c19-12-5-4-9(8-14(12)21)17-11-3-1-2-10(11)16-15(23(24)25)7-6-13(20)18(16)22-17/h1-2,4-8,10-11,17,22H,3H2/t10-,11-,17+/m1/s1. The van der Waals surface area contributed by atoms with Gasteiger partial charge in [0.15, 0.2) is 0 Å². The van der Waals surface area contributed by atoms with Crippen molar-refractivity contribution in [1.29, 1.82) is 0 Å². The summed E-state index contributed by atoms with van der Waals surface area (Å²) in [6.07, 6.45) is 4.94. The number of hydrogen-bond donors (Lipinski definition) is 1. The summed E-state index contributed by atoms with van der Waals surface area (Å²) < 4.78 is 0. The Labute approximate surface area is 159 Å². The van der Waals surface area contributed by atoms with Crippen molar-refractivity contribution < 1.29 is 4.92 Å². The lowest BCUT2D eigenvalue weighted by Gasteiger charge is -2.37.